The van der Waals surface area contributed by atoms with Crippen molar-refractivity contribution in [2.24, 2.45) is 0 Å². The highest BCUT2D eigenvalue weighted by Gasteiger charge is 2.42. The number of nitrogens with zero attached hydrogens (tertiary/aromatic N) is 2. The van der Waals surface area contributed by atoms with Gasteiger partial charge in [-0.05, 0) is 45.1 Å². The van der Waals surface area contributed by atoms with E-state index in [9.17, 15) is 24.3 Å². The Balaban J connectivity index is 1.56. The molecule has 26 heavy (non-hydrogen) atoms. The maximum Gasteiger partial charge on any atom is 0.326 e. The summed E-state index contributed by atoms with van der Waals surface area (Å²) in [7, 11) is 0. The highest BCUT2D eigenvalue weighted by Crippen LogP contribution is 2.25. The summed E-state index contributed by atoms with van der Waals surface area (Å²) in [4.78, 5) is 51.5. The molecule has 3 N–H and O–H groups in total. The van der Waals surface area contributed by atoms with Gasteiger partial charge in [0.2, 0.25) is 17.7 Å². The summed E-state index contributed by atoms with van der Waals surface area (Å²) in [6.45, 7) is 1.54. The molecule has 3 saturated heterocycles. The Morgan fingerprint density at radius 3 is 2.31 bits per heavy atom. The summed E-state index contributed by atoms with van der Waals surface area (Å²) < 4.78 is 0. The van der Waals surface area contributed by atoms with Crippen molar-refractivity contribution in [2.45, 2.75) is 56.7 Å². The number of hydrogen-bond donors (Lipinski definition) is 3. The van der Waals surface area contributed by atoms with Crippen LogP contribution >= 0.6 is 0 Å². The predicted octanol–water partition coefficient (Wildman–Crippen LogP) is -1.08. The van der Waals surface area contributed by atoms with Crippen molar-refractivity contribution in [2.75, 3.05) is 26.2 Å². The lowest BCUT2D eigenvalue weighted by Crippen LogP contribution is -2.53. The van der Waals surface area contributed by atoms with Gasteiger partial charge < -0.3 is 25.5 Å². The zero-order valence-corrected chi connectivity index (χ0v) is 14.8. The number of nitrogens with one attached hydrogen (secondary N) is 2. The first kappa shape index (κ1) is 18.6. The highest BCUT2D eigenvalue weighted by molar-refractivity contribution is 5.93. The number of likely N-dealkylation sites (tertiary alicyclic amines) is 2. The number of hydrogen-bond acceptors (Lipinski definition) is 5. The summed E-state index contributed by atoms with van der Waals surface area (Å²) >= 11 is 0. The molecular formula is C17H26N4O5. The first-order valence-corrected chi connectivity index (χ1v) is 9.33. The summed E-state index contributed by atoms with van der Waals surface area (Å²) in [6.07, 6.45) is 4.04. The minimum atomic E-state index is -0.997. The van der Waals surface area contributed by atoms with Crippen LogP contribution in [-0.4, -0.2) is 82.9 Å². The van der Waals surface area contributed by atoms with Crippen LogP contribution in [0.2, 0.25) is 0 Å². The van der Waals surface area contributed by atoms with E-state index < -0.39 is 18.1 Å². The molecule has 3 aliphatic rings. The molecule has 9 nitrogen and oxygen atoms in total. The Bertz CT molecular complexity index is 590. The van der Waals surface area contributed by atoms with E-state index in [1.807, 2.05) is 0 Å². The molecule has 0 bridgehead atoms. The molecule has 0 aromatic rings. The van der Waals surface area contributed by atoms with Gasteiger partial charge in [0.1, 0.15) is 12.1 Å². The van der Waals surface area contributed by atoms with Gasteiger partial charge in [-0.15, -0.1) is 0 Å². The number of carboxylic acid groups (broad SMARTS) is 1. The normalized spacial score (nSPS) is 28.4. The zero-order chi connectivity index (χ0) is 18.7. The number of aliphatic carboxylic acids is 1. The molecule has 3 amide bonds. The Labute approximate surface area is 152 Å². The van der Waals surface area contributed by atoms with E-state index >= 15 is 0 Å². The van der Waals surface area contributed by atoms with Gasteiger partial charge in [-0.1, -0.05) is 0 Å². The largest absolute Gasteiger partial charge is 0.480 e. The molecule has 0 saturated carbocycles. The third-order valence-electron chi connectivity index (χ3n) is 5.47. The molecule has 0 aliphatic carbocycles. The van der Waals surface area contributed by atoms with Crippen molar-refractivity contribution in [3.8, 4) is 0 Å². The molecular weight excluding hydrogens is 340 g/mol. The maximum atomic E-state index is 12.8. The SMILES string of the molecule is O=C(NCC(=O)N1CCCC1C(=O)N1CCCC1C(=O)O)C1CCCN1. The van der Waals surface area contributed by atoms with E-state index in [1.165, 1.54) is 9.80 Å². The molecule has 3 heterocycles. The number of carbonyl (C=O) groups is 4. The van der Waals surface area contributed by atoms with Crippen LogP contribution in [-0.2, 0) is 19.2 Å². The van der Waals surface area contributed by atoms with Gasteiger partial charge in [-0.25, -0.2) is 4.79 Å². The lowest BCUT2D eigenvalue weighted by molar-refractivity contribution is -0.151. The monoisotopic (exact) mass is 366 g/mol. The lowest BCUT2D eigenvalue weighted by atomic mass is 10.1. The molecule has 0 spiro atoms. The molecule has 9 heteroatoms. The van der Waals surface area contributed by atoms with Crippen molar-refractivity contribution in [1.29, 1.82) is 0 Å². The van der Waals surface area contributed by atoms with E-state index in [-0.39, 0.29) is 30.3 Å². The van der Waals surface area contributed by atoms with Gasteiger partial charge in [0.15, 0.2) is 0 Å². The maximum absolute atomic E-state index is 12.8. The minimum Gasteiger partial charge on any atom is -0.480 e. The van der Waals surface area contributed by atoms with Crippen molar-refractivity contribution in [3.63, 3.8) is 0 Å². The van der Waals surface area contributed by atoms with Crippen molar-refractivity contribution >= 4 is 23.7 Å². The Morgan fingerprint density at radius 2 is 1.65 bits per heavy atom. The van der Waals surface area contributed by atoms with Gasteiger partial charge in [0.25, 0.3) is 0 Å². The summed E-state index contributed by atoms with van der Waals surface area (Å²) in [5.74, 6) is -1.77. The highest BCUT2D eigenvalue weighted by atomic mass is 16.4. The van der Waals surface area contributed by atoms with E-state index in [2.05, 4.69) is 10.6 Å². The van der Waals surface area contributed by atoms with Crippen LogP contribution in [0.1, 0.15) is 38.5 Å². The molecule has 144 valence electrons. The minimum absolute atomic E-state index is 0.136. The van der Waals surface area contributed by atoms with Crippen LogP contribution in [0, 0.1) is 0 Å². The van der Waals surface area contributed by atoms with Crippen molar-refractivity contribution < 1.29 is 24.3 Å². The van der Waals surface area contributed by atoms with Crippen LogP contribution in [0.25, 0.3) is 0 Å². The third-order valence-corrected chi connectivity index (χ3v) is 5.47. The Kier molecular flexibility index (Phi) is 5.75. The summed E-state index contributed by atoms with van der Waals surface area (Å²) in [5, 5.41) is 15.0. The fraction of sp³-hybridized carbons (Fsp3) is 0.765. The standard InChI is InChI=1S/C17H26N4O5/c22-14(10-19-15(23)11-4-1-7-18-11)20-8-2-5-12(20)16(24)21-9-3-6-13(21)17(25)26/h11-13,18H,1-10H2,(H,19,23)(H,25,26). The number of carboxylic acids is 1. The number of carbonyl (C=O) groups excluding carboxylic acids is 3. The fourth-order valence-corrected chi connectivity index (χ4v) is 4.10. The molecule has 0 radical (unpaired) electrons. The molecule has 0 aromatic heterocycles. The van der Waals surface area contributed by atoms with Crippen LogP contribution in [0.3, 0.4) is 0 Å². The molecule has 3 rings (SSSR count). The van der Waals surface area contributed by atoms with Gasteiger partial charge in [-0.2, -0.15) is 0 Å². The lowest BCUT2D eigenvalue weighted by Gasteiger charge is -2.30. The zero-order valence-electron chi connectivity index (χ0n) is 14.8. The molecule has 3 aliphatic heterocycles. The van der Waals surface area contributed by atoms with E-state index in [4.69, 9.17) is 0 Å². The van der Waals surface area contributed by atoms with Crippen molar-refractivity contribution in [3.05, 3.63) is 0 Å². The van der Waals surface area contributed by atoms with Crippen LogP contribution in [0.4, 0.5) is 0 Å². The molecule has 3 fully saturated rings. The molecule has 3 atom stereocenters. The number of amides is 3. The fourth-order valence-electron chi connectivity index (χ4n) is 4.10. The topological polar surface area (TPSA) is 119 Å². The van der Waals surface area contributed by atoms with E-state index in [1.54, 1.807) is 0 Å². The quantitative estimate of drug-likeness (QED) is 0.570. The van der Waals surface area contributed by atoms with Crippen molar-refractivity contribution in [1.82, 2.24) is 20.4 Å². The van der Waals surface area contributed by atoms with Gasteiger partial charge in [0.05, 0.1) is 12.6 Å². The molecule has 3 unspecified atom stereocenters. The van der Waals surface area contributed by atoms with Crippen LogP contribution < -0.4 is 10.6 Å². The Morgan fingerprint density at radius 1 is 0.962 bits per heavy atom. The first-order chi connectivity index (χ1) is 12.5. The summed E-state index contributed by atoms with van der Waals surface area (Å²) in [5.41, 5.74) is 0. The summed E-state index contributed by atoms with van der Waals surface area (Å²) in [6, 6.07) is -1.67. The van der Waals surface area contributed by atoms with Crippen LogP contribution in [0.15, 0.2) is 0 Å². The third kappa shape index (κ3) is 3.82. The van der Waals surface area contributed by atoms with Gasteiger partial charge in [-0.3, -0.25) is 14.4 Å². The predicted molar refractivity (Wildman–Crippen MR) is 91.1 cm³/mol. The second-order valence-electron chi connectivity index (χ2n) is 7.14. The average molecular weight is 366 g/mol. The second-order valence-corrected chi connectivity index (χ2v) is 7.14. The smallest absolute Gasteiger partial charge is 0.326 e. The van der Waals surface area contributed by atoms with Gasteiger partial charge in [0, 0.05) is 13.1 Å². The van der Waals surface area contributed by atoms with E-state index in [0.717, 1.165) is 19.4 Å². The van der Waals surface area contributed by atoms with Gasteiger partial charge >= 0.3 is 5.97 Å². The van der Waals surface area contributed by atoms with E-state index in [0.29, 0.717) is 38.8 Å². The molecule has 0 aromatic carbocycles. The average Bonchev–Trinajstić information content (AvgIpc) is 3.38. The van der Waals surface area contributed by atoms with Crippen LogP contribution in [0.5, 0.6) is 0 Å². The Hall–Kier alpha value is -2.16. The first-order valence-electron chi connectivity index (χ1n) is 9.33. The number of rotatable bonds is 5. The second kappa shape index (κ2) is 8.03.